The molecular formula is C30H35F2N7O2. The smallest absolute Gasteiger partial charge is 0.265 e. The van der Waals surface area contributed by atoms with Crippen LogP contribution in [-0.2, 0) is 18.4 Å². The Morgan fingerprint density at radius 1 is 1.12 bits per heavy atom. The number of hydrogen-bond acceptors (Lipinski definition) is 6. The van der Waals surface area contributed by atoms with Gasteiger partial charge in [-0.25, -0.2) is 18.7 Å². The number of imidazole rings is 1. The highest BCUT2D eigenvalue weighted by Gasteiger charge is 2.36. The van der Waals surface area contributed by atoms with E-state index in [1.165, 1.54) is 6.07 Å². The van der Waals surface area contributed by atoms with Gasteiger partial charge in [0.1, 0.15) is 11.9 Å². The van der Waals surface area contributed by atoms with Crippen molar-refractivity contribution in [2.24, 2.45) is 7.05 Å². The Kier molecular flexibility index (Phi) is 7.33. The first-order valence-corrected chi connectivity index (χ1v) is 14.2. The number of amides is 1. The minimum Gasteiger partial charge on any atom is -0.396 e. The summed E-state index contributed by atoms with van der Waals surface area (Å²) in [6.45, 7) is 5.15. The van der Waals surface area contributed by atoms with Gasteiger partial charge in [-0.15, -0.1) is 0 Å². The molecule has 1 fully saturated rings. The van der Waals surface area contributed by atoms with Crippen LogP contribution in [0.1, 0.15) is 61.7 Å². The van der Waals surface area contributed by atoms with Crippen molar-refractivity contribution < 1.29 is 18.7 Å². The van der Waals surface area contributed by atoms with Crippen LogP contribution in [0.4, 0.5) is 8.78 Å². The number of likely N-dealkylation sites (tertiary alicyclic amines) is 1. The minimum atomic E-state index is -2.72. The van der Waals surface area contributed by atoms with Crippen LogP contribution in [0.25, 0.3) is 33.4 Å². The molecule has 3 aromatic heterocycles. The number of carbonyl (C=O) groups is 1. The largest absolute Gasteiger partial charge is 0.396 e. The number of likely N-dealkylation sites (N-methyl/N-ethyl adjacent to an activating group) is 1. The Labute approximate surface area is 237 Å². The fourth-order valence-electron chi connectivity index (χ4n) is 6.37. The second-order valence-corrected chi connectivity index (χ2v) is 11.2. The molecule has 216 valence electrons. The third kappa shape index (κ3) is 4.91. The van der Waals surface area contributed by atoms with Gasteiger partial charge in [-0.3, -0.25) is 9.48 Å². The summed E-state index contributed by atoms with van der Waals surface area (Å²) in [5.74, 6) is 1.09. The third-order valence-electron chi connectivity index (χ3n) is 8.49. The Balaban J connectivity index is 1.48. The van der Waals surface area contributed by atoms with Crippen molar-refractivity contribution in [1.82, 2.24) is 34.1 Å². The van der Waals surface area contributed by atoms with Crippen LogP contribution in [0, 0.1) is 0 Å². The molecule has 1 saturated heterocycles. The van der Waals surface area contributed by atoms with E-state index in [-0.39, 0.29) is 29.7 Å². The first kappa shape index (κ1) is 27.5. The lowest BCUT2D eigenvalue weighted by atomic mass is 9.95. The SMILES string of the molecule is CC1C(=O)N(C)Cc2c(-c3cccc4nc(-c5cnn(C)c5)c(C(F)F)cc34)nc(C3CCN(CCCO)CC3)n21. The Morgan fingerprint density at radius 2 is 1.90 bits per heavy atom. The quantitative estimate of drug-likeness (QED) is 0.355. The maximum atomic E-state index is 14.4. The summed E-state index contributed by atoms with van der Waals surface area (Å²) in [5.41, 5.74) is 3.57. The van der Waals surface area contributed by atoms with Gasteiger partial charge in [-0.2, -0.15) is 5.10 Å². The molecule has 1 amide bonds. The van der Waals surface area contributed by atoms with E-state index in [2.05, 4.69) is 14.6 Å². The second-order valence-electron chi connectivity index (χ2n) is 11.2. The number of aromatic nitrogens is 5. The van der Waals surface area contributed by atoms with Crippen LogP contribution < -0.4 is 0 Å². The molecule has 4 aromatic rings. The number of fused-ring (bicyclic) bond motifs is 2. The van der Waals surface area contributed by atoms with E-state index in [0.29, 0.717) is 23.0 Å². The predicted molar refractivity (Wildman–Crippen MR) is 151 cm³/mol. The lowest BCUT2D eigenvalue weighted by molar-refractivity contribution is -0.135. The molecule has 1 aromatic carbocycles. The summed E-state index contributed by atoms with van der Waals surface area (Å²) in [5, 5.41) is 14.0. The molecule has 0 spiro atoms. The highest BCUT2D eigenvalue weighted by Crippen LogP contribution is 2.41. The molecule has 2 aliphatic heterocycles. The van der Waals surface area contributed by atoms with Gasteiger partial charge in [0.2, 0.25) is 5.91 Å². The maximum absolute atomic E-state index is 14.4. The van der Waals surface area contributed by atoms with Crippen molar-refractivity contribution in [3.63, 3.8) is 0 Å². The van der Waals surface area contributed by atoms with Crippen LogP contribution >= 0.6 is 0 Å². The first-order chi connectivity index (χ1) is 19.8. The zero-order valence-corrected chi connectivity index (χ0v) is 23.6. The van der Waals surface area contributed by atoms with Crippen LogP contribution in [0.2, 0.25) is 0 Å². The van der Waals surface area contributed by atoms with Crippen molar-refractivity contribution in [2.75, 3.05) is 33.3 Å². The minimum absolute atomic E-state index is 0.0313. The zero-order valence-electron chi connectivity index (χ0n) is 23.6. The molecule has 41 heavy (non-hydrogen) atoms. The average molecular weight is 564 g/mol. The molecule has 0 bridgehead atoms. The summed E-state index contributed by atoms with van der Waals surface area (Å²) >= 11 is 0. The van der Waals surface area contributed by atoms with Crippen LogP contribution in [0.5, 0.6) is 0 Å². The van der Waals surface area contributed by atoms with Gasteiger partial charge in [0.05, 0.1) is 35.3 Å². The molecule has 2 aliphatic rings. The van der Waals surface area contributed by atoms with Crippen LogP contribution in [0.3, 0.4) is 0 Å². The highest BCUT2D eigenvalue weighted by atomic mass is 19.3. The Morgan fingerprint density at radius 3 is 2.59 bits per heavy atom. The van der Waals surface area contributed by atoms with Crippen molar-refractivity contribution in [1.29, 1.82) is 0 Å². The van der Waals surface area contributed by atoms with Crippen molar-refractivity contribution >= 4 is 16.8 Å². The Bertz CT molecular complexity index is 1590. The molecule has 9 nitrogen and oxygen atoms in total. The van der Waals surface area contributed by atoms with Gasteiger partial charge in [0, 0.05) is 61.4 Å². The molecular weight excluding hydrogens is 528 g/mol. The van der Waals surface area contributed by atoms with E-state index in [0.717, 1.165) is 61.7 Å². The lowest BCUT2D eigenvalue weighted by Crippen LogP contribution is -2.40. The van der Waals surface area contributed by atoms with E-state index in [1.54, 1.807) is 36.1 Å². The van der Waals surface area contributed by atoms with E-state index >= 15 is 0 Å². The number of benzene rings is 1. The number of carbonyl (C=O) groups excluding carboxylic acids is 1. The lowest BCUT2D eigenvalue weighted by Gasteiger charge is -2.35. The number of pyridine rings is 1. The molecule has 0 aliphatic carbocycles. The predicted octanol–water partition coefficient (Wildman–Crippen LogP) is 4.53. The molecule has 1 atom stereocenters. The van der Waals surface area contributed by atoms with Gasteiger partial charge < -0.3 is 19.5 Å². The molecule has 1 N–H and O–H groups in total. The number of piperidine rings is 1. The van der Waals surface area contributed by atoms with Crippen molar-refractivity contribution in [3.8, 4) is 22.5 Å². The number of aliphatic hydroxyl groups excluding tert-OH is 1. The summed E-state index contributed by atoms with van der Waals surface area (Å²) in [6, 6.07) is 6.75. The van der Waals surface area contributed by atoms with Crippen LogP contribution in [0.15, 0.2) is 36.7 Å². The molecule has 1 unspecified atom stereocenters. The van der Waals surface area contributed by atoms with E-state index in [9.17, 15) is 18.7 Å². The monoisotopic (exact) mass is 563 g/mol. The highest BCUT2D eigenvalue weighted by molar-refractivity contribution is 5.96. The second kappa shape index (κ2) is 10.9. The molecule has 5 heterocycles. The van der Waals surface area contributed by atoms with E-state index < -0.39 is 12.5 Å². The molecule has 11 heteroatoms. The average Bonchev–Trinajstić information content (AvgIpc) is 3.57. The molecule has 0 saturated carbocycles. The number of rotatable bonds is 7. The summed E-state index contributed by atoms with van der Waals surface area (Å²) in [4.78, 5) is 27.1. The van der Waals surface area contributed by atoms with E-state index in [4.69, 9.17) is 9.97 Å². The molecule has 0 radical (unpaired) electrons. The van der Waals surface area contributed by atoms with Gasteiger partial charge in [0.15, 0.2) is 0 Å². The fourth-order valence-corrected chi connectivity index (χ4v) is 6.37. The van der Waals surface area contributed by atoms with Gasteiger partial charge in [-0.1, -0.05) is 12.1 Å². The standard InChI is InChI=1S/C30H35F2N7O2/c1-18-30(41)36(2)17-25-27(35-29(39(18)25)19-8-11-38(12-9-19)10-5-13-40)21-6-4-7-24-22(21)14-23(28(31)32)26(34-24)20-15-33-37(3)16-20/h4,6-7,14-16,18-19,28,40H,5,8-13,17H2,1-3H3. The number of alkyl halides is 2. The van der Waals surface area contributed by atoms with Gasteiger partial charge in [-0.05, 0) is 51.4 Å². The Hall–Kier alpha value is -3.70. The number of halogens is 2. The van der Waals surface area contributed by atoms with Crippen molar-refractivity contribution in [3.05, 3.63) is 53.7 Å². The first-order valence-electron chi connectivity index (χ1n) is 14.2. The number of aliphatic hydroxyl groups is 1. The summed E-state index contributed by atoms with van der Waals surface area (Å²) < 4.78 is 32.5. The topological polar surface area (TPSA) is 92.3 Å². The van der Waals surface area contributed by atoms with Crippen LogP contribution in [-0.4, -0.2) is 78.4 Å². The molecule has 6 rings (SSSR count). The fraction of sp³-hybridized carbons (Fsp3) is 0.467. The number of aryl methyl sites for hydroxylation is 1. The number of hydrogen-bond donors (Lipinski definition) is 1. The summed E-state index contributed by atoms with van der Waals surface area (Å²) in [6.07, 6.45) is 3.07. The maximum Gasteiger partial charge on any atom is 0.265 e. The van der Waals surface area contributed by atoms with Gasteiger partial charge >= 0.3 is 0 Å². The van der Waals surface area contributed by atoms with Crippen molar-refractivity contribution in [2.45, 2.75) is 51.1 Å². The normalized spacial score (nSPS) is 18.6. The number of nitrogens with zero attached hydrogens (tertiary/aromatic N) is 7. The van der Waals surface area contributed by atoms with E-state index in [1.807, 2.05) is 25.1 Å². The third-order valence-corrected chi connectivity index (χ3v) is 8.49. The van der Waals surface area contributed by atoms with Gasteiger partial charge in [0.25, 0.3) is 6.43 Å². The summed E-state index contributed by atoms with van der Waals surface area (Å²) in [7, 11) is 3.53. The zero-order chi connectivity index (χ0) is 28.8.